The maximum Gasteiger partial charge on any atom is 0.220 e. The molecule has 1 amide bonds. The van der Waals surface area contributed by atoms with Gasteiger partial charge in [-0.25, -0.2) is 4.98 Å². The number of hydrogen-bond acceptors (Lipinski definition) is 6. The molecule has 1 fully saturated rings. The van der Waals surface area contributed by atoms with Crippen LogP contribution in [-0.4, -0.2) is 62.5 Å². The fraction of sp³-hybridized carbons (Fsp3) is 0.429. The van der Waals surface area contributed by atoms with E-state index < -0.39 is 0 Å². The summed E-state index contributed by atoms with van der Waals surface area (Å²) in [6.45, 7) is 6.91. The normalized spacial score (nSPS) is 14.1. The maximum absolute atomic E-state index is 12.1. The van der Waals surface area contributed by atoms with Gasteiger partial charge in [0.25, 0.3) is 0 Å². The van der Waals surface area contributed by atoms with Gasteiger partial charge in [0.05, 0.1) is 5.52 Å². The van der Waals surface area contributed by atoms with E-state index in [2.05, 4.69) is 74.4 Å². The van der Waals surface area contributed by atoms with Crippen LogP contribution < -0.4 is 5.32 Å². The summed E-state index contributed by atoms with van der Waals surface area (Å²) in [6, 6.07) is 16.9. The van der Waals surface area contributed by atoms with E-state index in [1.807, 2.05) is 6.07 Å². The van der Waals surface area contributed by atoms with Crippen LogP contribution in [0.4, 0.5) is 0 Å². The number of fused-ring (bicyclic) bond motifs is 3. The van der Waals surface area contributed by atoms with E-state index in [0.717, 1.165) is 60.3 Å². The zero-order valence-electron chi connectivity index (χ0n) is 20.9. The first-order chi connectivity index (χ1) is 17.7. The molecule has 0 spiro atoms. The van der Waals surface area contributed by atoms with Crippen molar-refractivity contribution in [3.8, 4) is 0 Å². The molecule has 3 heterocycles. The van der Waals surface area contributed by atoms with Gasteiger partial charge in [-0.2, -0.15) is 0 Å². The summed E-state index contributed by atoms with van der Waals surface area (Å²) >= 11 is 1.61. The number of nitrogens with zero attached hydrogens (tertiary/aromatic N) is 5. The van der Waals surface area contributed by atoms with E-state index in [0.29, 0.717) is 11.6 Å². The molecule has 36 heavy (non-hydrogen) atoms. The van der Waals surface area contributed by atoms with Crippen LogP contribution in [0.3, 0.4) is 0 Å². The Balaban J connectivity index is 1.18. The van der Waals surface area contributed by atoms with Crippen molar-refractivity contribution in [2.45, 2.75) is 50.7 Å². The number of nitrogens with one attached hydrogen (secondary N) is 1. The van der Waals surface area contributed by atoms with Gasteiger partial charge in [0.15, 0.2) is 5.65 Å². The zero-order chi connectivity index (χ0) is 24.7. The molecule has 0 atom stereocenters. The van der Waals surface area contributed by atoms with Crippen molar-refractivity contribution in [3.63, 3.8) is 0 Å². The van der Waals surface area contributed by atoms with Crippen molar-refractivity contribution in [1.29, 1.82) is 0 Å². The lowest BCUT2D eigenvalue weighted by atomic mass is 10.1. The third kappa shape index (κ3) is 6.05. The van der Waals surface area contributed by atoms with Gasteiger partial charge < -0.3 is 14.8 Å². The summed E-state index contributed by atoms with van der Waals surface area (Å²) in [7, 11) is 0. The first-order valence-electron chi connectivity index (χ1n) is 13.0. The minimum Gasteiger partial charge on any atom is -0.355 e. The molecule has 7 nitrogen and oxygen atoms in total. The number of amides is 1. The van der Waals surface area contributed by atoms with Gasteiger partial charge in [-0.1, -0.05) is 59.8 Å². The number of aryl methyl sites for hydroxylation is 1. The van der Waals surface area contributed by atoms with Crippen molar-refractivity contribution in [1.82, 2.24) is 30.0 Å². The van der Waals surface area contributed by atoms with E-state index in [1.54, 1.807) is 11.8 Å². The van der Waals surface area contributed by atoms with Crippen molar-refractivity contribution < 1.29 is 4.79 Å². The summed E-state index contributed by atoms with van der Waals surface area (Å²) < 4.78 is 2.24. The average molecular weight is 503 g/mol. The molecule has 0 saturated carbocycles. The van der Waals surface area contributed by atoms with Gasteiger partial charge in [-0.15, -0.1) is 10.2 Å². The van der Waals surface area contributed by atoms with Crippen LogP contribution in [-0.2, 0) is 11.3 Å². The lowest BCUT2D eigenvalue weighted by Gasteiger charge is -2.14. The molecule has 2 aromatic heterocycles. The molecular weight excluding hydrogens is 468 g/mol. The molecule has 1 aliphatic heterocycles. The standard InChI is InChI=1S/C28H34N6OS/c1-21-9-8-10-22(19-21)20-34-24-12-3-2-11-23(24)26-27(34)30-28(32-31-26)36-18-7-4-13-25(35)29-14-17-33-15-5-6-16-33/h2-3,8-12,19H,4-7,13-18,20H2,1H3,(H,29,35). The van der Waals surface area contributed by atoms with Crippen LogP contribution in [0.15, 0.2) is 53.7 Å². The quantitative estimate of drug-likeness (QED) is 0.234. The first-order valence-corrected chi connectivity index (χ1v) is 13.9. The van der Waals surface area contributed by atoms with Crippen LogP contribution in [0.25, 0.3) is 22.1 Å². The van der Waals surface area contributed by atoms with E-state index >= 15 is 0 Å². The number of hydrogen-bond donors (Lipinski definition) is 1. The molecule has 0 aliphatic carbocycles. The number of rotatable bonds is 11. The summed E-state index contributed by atoms with van der Waals surface area (Å²) in [6.07, 6.45) is 4.95. The van der Waals surface area contributed by atoms with E-state index in [1.165, 1.54) is 37.1 Å². The molecule has 0 bridgehead atoms. The Hall–Kier alpha value is -2.97. The van der Waals surface area contributed by atoms with E-state index in [4.69, 9.17) is 4.98 Å². The molecule has 8 heteroatoms. The Kier molecular flexibility index (Phi) is 8.13. The number of carbonyl (C=O) groups excluding carboxylic acids is 1. The highest BCUT2D eigenvalue weighted by Gasteiger charge is 2.15. The highest BCUT2D eigenvalue weighted by Crippen LogP contribution is 2.28. The fourth-order valence-corrected chi connectivity index (χ4v) is 5.68. The SMILES string of the molecule is Cc1cccc(Cn2c3ccccc3c3nnc(SCCCCC(=O)NCCN4CCCC4)nc32)c1. The minimum atomic E-state index is 0.152. The highest BCUT2D eigenvalue weighted by atomic mass is 32.2. The second-order valence-electron chi connectivity index (χ2n) is 9.56. The van der Waals surface area contributed by atoms with Crippen LogP contribution in [0.5, 0.6) is 0 Å². The number of likely N-dealkylation sites (tertiary alicyclic amines) is 1. The predicted octanol–water partition coefficient (Wildman–Crippen LogP) is 4.81. The number of carbonyl (C=O) groups is 1. The second-order valence-corrected chi connectivity index (χ2v) is 10.6. The fourth-order valence-electron chi connectivity index (χ4n) is 4.90. The molecule has 1 aliphatic rings. The Morgan fingerprint density at radius 3 is 2.78 bits per heavy atom. The van der Waals surface area contributed by atoms with Crippen molar-refractivity contribution in [3.05, 3.63) is 59.7 Å². The molecule has 0 unspecified atom stereocenters. The van der Waals surface area contributed by atoms with Crippen LogP contribution >= 0.6 is 11.8 Å². The van der Waals surface area contributed by atoms with Gasteiger partial charge in [0.2, 0.25) is 11.1 Å². The third-order valence-corrected chi connectivity index (χ3v) is 7.68. The van der Waals surface area contributed by atoms with Crippen molar-refractivity contribution >= 4 is 39.7 Å². The highest BCUT2D eigenvalue weighted by molar-refractivity contribution is 7.99. The van der Waals surface area contributed by atoms with Crippen LogP contribution in [0.2, 0.25) is 0 Å². The van der Waals surface area contributed by atoms with E-state index in [9.17, 15) is 4.79 Å². The maximum atomic E-state index is 12.1. The number of thioether (sulfide) groups is 1. The molecule has 5 rings (SSSR count). The monoisotopic (exact) mass is 502 g/mol. The number of aromatic nitrogens is 4. The summed E-state index contributed by atoms with van der Waals surface area (Å²) in [5.74, 6) is 1.02. The van der Waals surface area contributed by atoms with Gasteiger partial charge in [-0.3, -0.25) is 4.79 Å². The van der Waals surface area contributed by atoms with Gasteiger partial charge in [0, 0.05) is 37.2 Å². The lowest BCUT2D eigenvalue weighted by Crippen LogP contribution is -2.33. The smallest absolute Gasteiger partial charge is 0.220 e. The largest absolute Gasteiger partial charge is 0.355 e. The Morgan fingerprint density at radius 2 is 1.92 bits per heavy atom. The van der Waals surface area contributed by atoms with Gasteiger partial charge in [0.1, 0.15) is 5.52 Å². The van der Waals surface area contributed by atoms with Gasteiger partial charge in [-0.05, 0) is 57.3 Å². The van der Waals surface area contributed by atoms with Crippen LogP contribution in [0.1, 0.15) is 43.2 Å². The number of para-hydroxylation sites is 1. The molecule has 188 valence electrons. The molecule has 0 radical (unpaired) electrons. The molecule has 2 aromatic carbocycles. The number of unbranched alkanes of at least 4 members (excludes halogenated alkanes) is 1. The summed E-state index contributed by atoms with van der Waals surface area (Å²) in [4.78, 5) is 19.4. The van der Waals surface area contributed by atoms with Crippen molar-refractivity contribution in [2.75, 3.05) is 31.9 Å². The molecule has 1 N–H and O–H groups in total. The predicted molar refractivity (Wildman–Crippen MR) is 146 cm³/mol. The van der Waals surface area contributed by atoms with Gasteiger partial charge >= 0.3 is 0 Å². The molecule has 4 aromatic rings. The topological polar surface area (TPSA) is 75.9 Å². The summed E-state index contributed by atoms with van der Waals surface area (Å²) in [5, 5.41) is 13.8. The Labute approximate surface area is 216 Å². The average Bonchev–Trinajstić information content (AvgIpc) is 3.51. The first kappa shape index (κ1) is 24.7. The number of benzene rings is 2. The second kappa shape index (κ2) is 11.8. The van der Waals surface area contributed by atoms with Crippen LogP contribution in [0, 0.1) is 6.92 Å². The Bertz CT molecular complexity index is 1330. The summed E-state index contributed by atoms with van der Waals surface area (Å²) in [5.41, 5.74) is 5.32. The lowest BCUT2D eigenvalue weighted by molar-refractivity contribution is -0.121. The molecule has 1 saturated heterocycles. The van der Waals surface area contributed by atoms with E-state index in [-0.39, 0.29) is 5.91 Å². The Morgan fingerprint density at radius 1 is 1.06 bits per heavy atom. The minimum absolute atomic E-state index is 0.152. The van der Waals surface area contributed by atoms with Crippen molar-refractivity contribution in [2.24, 2.45) is 0 Å². The zero-order valence-corrected chi connectivity index (χ0v) is 21.8. The third-order valence-electron chi connectivity index (χ3n) is 6.76. The molecular formula is C28H34N6OS.